The van der Waals surface area contributed by atoms with E-state index in [1.807, 2.05) is 24.3 Å². The summed E-state index contributed by atoms with van der Waals surface area (Å²) >= 11 is 4.40. The van der Waals surface area contributed by atoms with Crippen molar-refractivity contribution in [1.29, 1.82) is 0 Å². The Labute approximate surface area is 127 Å². The van der Waals surface area contributed by atoms with E-state index in [1.165, 1.54) is 0 Å². The van der Waals surface area contributed by atoms with Gasteiger partial charge in [0.15, 0.2) is 5.17 Å². The van der Waals surface area contributed by atoms with E-state index < -0.39 is 11.2 Å². The summed E-state index contributed by atoms with van der Waals surface area (Å²) in [4.78, 5) is 22.0. The highest BCUT2D eigenvalue weighted by molar-refractivity contribution is 9.10. The van der Waals surface area contributed by atoms with Gasteiger partial charge < -0.3 is 10.4 Å². The molecule has 0 aromatic heterocycles. The number of hydrogen-bond donors (Lipinski definition) is 2. The Balaban J connectivity index is 1.97. The van der Waals surface area contributed by atoms with E-state index in [0.29, 0.717) is 5.17 Å². The number of amidine groups is 1. The van der Waals surface area contributed by atoms with Crippen LogP contribution in [0.3, 0.4) is 0 Å². The maximum absolute atomic E-state index is 11.5. The van der Waals surface area contributed by atoms with E-state index in [1.54, 1.807) is 6.21 Å². The molecule has 20 heavy (non-hydrogen) atoms. The van der Waals surface area contributed by atoms with Gasteiger partial charge >= 0.3 is 5.97 Å². The molecule has 1 aliphatic rings. The molecule has 8 heteroatoms. The first-order chi connectivity index (χ1) is 9.54. The molecule has 1 unspecified atom stereocenters. The molecule has 1 fully saturated rings. The van der Waals surface area contributed by atoms with Crippen LogP contribution in [0.5, 0.6) is 0 Å². The van der Waals surface area contributed by atoms with Gasteiger partial charge in [-0.25, -0.2) is 0 Å². The number of halogens is 1. The highest BCUT2D eigenvalue weighted by atomic mass is 79.9. The fourth-order valence-electron chi connectivity index (χ4n) is 1.44. The zero-order valence-electron chi connectivity index (χ0n) is 10.1. The lowest BCUT2D eigenvalue weighted by atomic mass is 10.2. The minimum Gasteiger partial charge on any atom is -0.481 e. The number of carbonyl (C=O) groups is 2. The Bertz CT molecular complexity index is 586. The minimum absolute atomic E-state index is 0.230. The third-order valence-electron chi connectivity index (χ3n) is 2.36. The number of carboxylic acid groups (broad SMARTS) is 1. The summed E-state index contributed by atoms with van der Waals surface area (Å²) in [6.07, 6.45) is 1.32. The number of carboxylic acids is 1. The molecule has 104 valence electrons. The molecule has 1 amide bonds. The van der Waals surface area contributed by atoms with Crippen LogP contribution in [0.2, 0.25) is 0 Å². The zero-order chi connectivity index (χ0) is 14.5. The second-order valence-corrected chi connectivity index (χ2v) is 6.00. The Morgan fingerprint density at radius 1 is 1.45 bits per heavy atom. The number of thioether (sulfide) groups is 1. The molecule has 2 rings (SSSR count). The van der Waals surface area contributed by atoms with Gasteiger partial charge in [-0.05, 0) is 17.7 Å². The third kappa shape index (κ3) is 4.17. The Kier molecular flexibility index (Phi) is 4.91. The fourth-order valence-corrected chi connectivity index (χ4v) is 2.62. The smallest absolute Gasteiger partial charge is 0.305 e. The van der Waals surface area contributed by atoms with Crippen LogP contribution < -0.4 is 5.32 Å². The van der Waals surface area contributed by atoms with E-state index in [2.05, 4.69) is 31.4 Å². The predicted octanol–water partition coefficient (Wildman–Crippen LogP) is 1.85. The van der Waals surface area contributed by atoms with Crippen LogP contribution in [-0.4, -0.2) is 33.6 Å². The molecular formula is C12H10BrN3O3S. The Morgan fingerprint density at radius 3 is 2.80 bits per heavy atom. The van der Waals surface area contributed by atoms with E-state index in [0.717, 1.165) is 21.8 Å². The van der Waals surface area contributed by atoms with Crippen LogP contribution in [0.15, 0.2) is 38.9 Å². The van der Waals surface area contributed by atoms with Crippen molar-refractivity contribution >= 4 is 51.0 Å². The number of amides is 1. The largest absolute Gasteiger partial charge is 0.481 e. The van der Waals surface area contributed by atoms with Gasteiger partial charge in [0.05, 0.1) is 12.6 Å². The minimum atomic E-state index is -1.02. The molecule has 1 atom stereocenters. The van der Waals surface area contributed by atoms with Gasteiger partial charge in [0.25, 0.3) is 0 Å². The standard InChI is InChI=1S/C12H10BrN3O3S/c13-8-3-1-7(2-4-8)6-14-16-12-15-11(19)9(20-12)5-10(17)18/h1-4,6,9H,5H2,(H,17,18)(H,15,16,19)/b14-6+. The number of nitrogens with one attached hydrogen (secondary N) is 1. The van der Waals surface area contributed by atoms with Crippen molar-refractivity contribution < 1.29 is 14.7 Å². The molecule has 0 aliphatic carbocycles. The average Bonchev–Trinajstić information content (AvgIpc) is 2.72. The number of aliphatic carboxylic acids is 1. The third-order valence-corrected chi connectivity index (χ3v) is 3.96. The van der Waals surface area contributed by atoms with Gasteiger partial charge in [0, 0.05) is 4.47 Å². The molecule has 1 aromatic carbocycles. The Morgan fingerprint density at radius 2 is 2.15 bits per heavy atom. The molecule has 0 bridgehead atoms. The summed E-state index contributed by atoms with van der Waals surface area (Å²) in [5.74, 6) is -1.37. The summed E-state index contributed by atoms with van der Waals surface area (Å²) in [6, 6.07) is 7.48. The quantitative estimate of drug-likeness (QED) is 0.636. The van der Waals surface area contributed by atoms with Gasteiger partial charge in [0.1, 0.15) is 5.25 Å². The lowest BCUT2D eigenvalue weighted by molar-refractivity contribution is -0.138. The topological polar surface area (TPSA) is 91.1 Å². The fraction of sp³-hybridized carbons (Fsp3) is 0.167. The number of nitrogens with zero attached hydrogens (tertiary/aromatic N) is 2. The van der Waals surface area contributed by atoms with E-state index >= 15 is 0 Å². The molecule has 1 heterocycles. The van der Waals surface area contributed by atoms with E-state index in [9.17, 15) is 9.59 Å². The van der Waals surface area contributed by atoms with Crippen molar-refractivity contribution in [3.05, 3.63) is 34.3 Å². The highest BCUT2D eigenvalue weighted by Gasteiger charge is 2.32. The van der Waals surface area contributed by atoms with Crippen LogP contribution in [0, 0.1) is 0 Å². The molecule has 1 aliphatic heterocycles. The molecule has 2 N–H and O–H groups in total. The monoisotopic (exact) mass is 355 g/mol. The summed E-state index contributed by atoms with van der Waals surface area (Å²) in [6.45, 7) is 0. The highest BCUT2D eigenvalue weighted by Crippen LogP contribution is 2.22. The summed E-state index contributed by atoms with van der Waals surface area (Å²) in [7, 11) is 0. The molecule has 6 nitrogen and oxygen atoms in total. The zero-order valence-corrected chi connectivity index (χ0v) is 12.5. The average molecular weight is 356 g/mol. The summed E-state index contributed by atoms with van der Waals surface area (Å²) in [5, 5.41) is 18.5. The predicted molar refractivity (Wildman–Crippen MR) is 80.9 cm³/mol. The van der Waals surface area contributed by atoms with Gasteiger partial charge in [-0.3, -0.25) is 9.59 Å². The van der Waals surface area contributed by atoms with Crippen molar-refractivity contribution in [3.8, 4) is 0 Å². The number of benzene rings is 1. The first-order valence-electron chi connectivity index (χ1n) is 5.60. The van der Waals surface area contributed by atoms with Gasteiger partial charge in [-0.15, -0.1) is 5.10 Å². The molecular weight excluding hydrogens is 346 g/mol. The van der Waals surface area contributed by atoms with Crippen LogP contribution in [0.25, 0.3) is 0 Å². The van der Waals surface area contributed by atoms with E-state index in [-0.39, 0.29) is 12.3 Å². The Hall–Kier alpha value is -1.67. The van der Waals surface area contributed by atoms with Gasteiger partial charge in [0.2, 0.25) is 5.91 Å². The van der Waals surface area contributed by atoms with Crippen LogP contribution in [0.1, 0.15) is 12.0 Å². The lowest BCUT2D eigenvalue weighted by Gasteiger charge is -1.97. The molecule has 0 saturated carbocycles. The van der Waals surface area contributed by atoms with Crippen LogP contribution >= 0.6 is 27.7 Å². The first-order valence-corrected chi connectivity index (χ1v) is 7.28. The van der Waals surface area contributed by atoms with Gasteiger partial charge in [-0.2, -0.15) is 5.10 Å². The summed E-state index contributed by atoms with van der Waals surface area (Å²) < 4.78 is 0.969. The number of hydrogen-bond acceptors (Lipinski definition) is 5. The van der Waals surface area contributed by atoms with Crippen LogP contribution in [-0.2, 0) is 9.59 Å². The second-order valence-electron chi connectivity index (χ2n) is 3.89. The van der Waals surface area contributed by atoms with Gasteiger partial charge in [-0.1, -0.05) is 39.8 Å². The lowest BCUT2D eigenvalue weighted by Crippen LogP contribution is -2.26. The van der Waals surface area contributed by atoms with Crippen LogP contribution in [0.4, 0.5) is 0 Å². The van der Waals surface area contributed by atoms with Crippen molar-refractivity contribution in [2.24, 2.45) is 10.2 Å². The maximum atomic E-state index is 11.5. The number of rotatable bonds is 4. The van der Waals surface area contributed by atoms with Crippen molar-refractivity contribution in [1.82, 2.24) is 5.32 Å². The first kappa shape index (κ1) is 14.7. The van der Waals surface area contributed by atoms with Crippen molar-refractivity contribution in [2.45, 2.75) is 11.7 Å². The van der Waals surface area contributed by atoms with Crippen molar-refractivity contribution in [2.75, 3.05) is 0 Å². The molecule has 1 saturated heterocycles. The maximum Gasteiger partial charge on any atom is 0.305 e. The number of carbonyl (C=O) groups excluding carboxylic acids is 1. The molecule has 0 spiro atoms. The van der Waals surface area contributed by atoms with E-state index in [4.69, 9.17) is 5.11 Å². The second kappa shape index (κ2) is 6.67. The molecule has 1 aromatic rings. The normalized spacial score (nSPS) is 20.6. The molecule has 0 radical (unpaired) electrons. The van der Waals surface area contributed by atoms with Crippen molar-refractivity contribution in [3.63, 3.8) is 0 Å². The summed E-state index contributed by atoms with van der Waals surface area (Å²) in [5.41, 5.74) is 0.869. The SMILES string of the molecule is O=C(O)CC1S/C(=N\N=C\c2ccc(Br)cc2)NC1=O.